The molecule has 2 N–H and O–H groups in total. The Kier molecular flexibility index (Phi) is 4.74. The Labute approximate surface area is 97.3 Å². The largest absolute Gasteiger partial charge is 0.370 e. The Hall–Kier alpha value is -1.09. The molecule has 2 nitrogen and oxygen atoms in total. The van der Waals surface area contributed by atoms with E-state index >= 15 is 0 Å². The van der Waals surface area contributed by atoms with E-state index in [1.54, 1.807) is 6.07 Å². The van der Waals surface area contributed by atoms with Gasteiger partial charge in [-0.25, -0.2) is 4.39 Å². The molecular formula is C13H21FN2. The Morgan fingerprint density at radius 3 is 2.44 bits per heavy atom. The SMILES string of the molecule is CCN(CC)c1c(F)cccc1CC(C)N. The first-order chi connectivity index (χ1) is 7.60. The number of rotatable bonds is 5. The van der Waals surface area contributed by atoms with E-state index in [1.807, 2.05) is 31.7 Å². The number of halogens is 1. The molecule has 0 saturated heterocycles. The molecule has 0 fully saturated rings. The summed E-state index contributed by atoms with van der Waals surface area (Å²) in [7, 11) is 0. The molecule has 0 aliphatic heterocycles. The molecule has 1 rings (SSSR count). The highest BCUT2D eigenvalue weighted by atomic mass is 19.1. The number of hydrogen-bond donors (Lipinski definition) is 1. The molecule has 90 valence electrons. The summed E-state index contributed by atoms with van der Waals surface area (Å²) in [4.78, 5) is 2.03. The summed E-state index contributed by atoms with van der Waals surface area (Å²) in [6, 6.07) is 5.27. The van der Waals surface area contributed by atoms with Gasteiger partial charge >= 0.3 is 0 Å². The summed E-state index contributed by atoms with van der Waals surface area (Å²) in [5, 5.41) is 0. The van der Waals surface area contributed by atoms with E-state index in [9.17, 15) is 4.39 Å². The molecule has 0 aliphatic rings. The number of anilines is 1. The van der Waals surface area contributed by atoms with Gasteiger partial charge in [-0.15, -0.1) is 0 Å². The maximum Gasteiger partial charge on any atom is 0.146 e. The van der Waals surface area contributed by atoms with Gasteiger partial charge in [-0.1, -0.05) is 12.1 Å². The lowest BCUT2D eigenvalue weighted by molar-refractivity contribution is 0.614. The minimum absolute atomic E-state index is 0.0520. The van der Waals surface area contributed by atoms with Crippen molar-refractivity contribution in [2.24, 2.45) is 5.73 Å². The summed E-state index contributed by atoms with van der Waals surface area (Å²) < 4.78 is 13.8. The summed E-state index contributed by atoms with van der Waals surface area (Å²) in [5.74, 6) is -0.151. The fraction of sp³-hybridized carbons (Fsp3) is 0.538. The predicted molar refractivity (Wildman–Crippen MR) is 67.3 cm³/mol. The van der Waals surface area contributed by atoms with Gasteiger partial charge in [0.25, 0.3) is 0 Å². The number of nitrogens with zero attached hydrogens (tertiary/aromatic N) is 1. The molecule has 0 radical (unpaired) electrons. The first kappa shape index (κ1) is 13.0. The quantitative estimate of drug-likeness (QED) is 0.833. The van der Waals surface area contributed by atoms with Crippen LogP contribution in [-0.2, 0) is 6.42 Å². The molecule has 1 unspecified atom stereocenters. The van der Waals surface area contributed by atoms with E-state index in [-0.39, 0.29) is 11.9 Å². The Balaban J connectivity index is 3.11. The van der Waals surface area contributed by atoms with Gasteiger partial charge in [0.2, 0.25) is 0 Å². The van der Waals surface area contributed by atoms with E-state index in [0.29, 0.717) is 12.1 Å². The fourth-order valence-corrected chi connectivity index (χ4v) is 1.97. The lowest BCUT2D eigenvalue weighted by atomic mass is 10.0. The van der Waals surface area contributed by atoms with Gasteiger partial charge in [0.1, 0.15) is 5.82 Å². The summed E-state index contributed by atoms with van der Waals surface area (Å²) in [6.45, 7) is 7.63. The molecule has 1 aromatic carbocycles. The van der Waals surface area contributed by atoms with Gasteiger partial charge < -0.3 is 10.6 Å². The zero-order valence-electron chi connectivity index (χ0n) is 10.3. The van der Waals surface area contributed by atoms with Crippen LogP contribution < -0.4 is 10.6 Å². The zero-order valence-corrected chi connectivity index (χ0v) is 10.3. The van der Waals surface area contributed by atoms with Crippen LogP contribution >= 0.6 is 0 Å². The zero-order chi connectivity index (χ0) is 12.1. The first-order valence-electron chi connectivity index (χ1n) is 5.88. The minimum atomic E-state index is -0.151. The minimum Gasteiger partial charge on any atom is -0.370 e. The molecule has 1 atom stereocenters. The van der Waals surface area contributed by atoms with Crippen molar-refractivity contribution < 1.29 is 4.39 Å². The topological polar surface area (TPSA) is 29.3 Å². The number of benzene rings is 1. The average molecular weight is 224 g/mol. The van der Waals surface area contributed by atoms with Gasteiger partial charge in [0.15, 0.2) is 0 Å². The smallest absolute Gasteiger partial charge is 0.146 e. The van der Waals surface area contributed by atoms with Crippen molar-refractivity contribution in [3.63, 3.8) is 0 Å². The second kappa shape index (κ2) is 5.85. The Bertz CT molecular complexity index is 333. The van der Waals surface area contributed by atoms with Crippen LogP contribution in [0.5, 0.6) is 0 Å². The van der Waals surface area contributed by atoms with Crippen molar-refractivity contribution in [3.05, 3.63) is 29.6 Å². The Morgan fingerprint density at radius 1 is 1.31 bits per heavy atom. The van der Waals surface area contributed by atoms with Crippen LogP contribution in [0.3, 0.4) is 0 Å². The van der Waals surface area contributed by atoms with Gasteiger partial charge in [-0.3, -0.25) is 0 Å². The predicted octanol–water partition coefficient (Wildman–Crippen LogP) is 2.56. The van der Waals surface area contributed by atoms with E-state index in [2.05, 4.69) is 0 Å². The lowest BCUT2D eigenvalue weighted by Crippen LogP contribution is -2.26. The van der Waals surface area contributed by atoms with Gasteiger partial charge in [0.05, 0.1) is 5.69 Å². The maximum absolute atomic E-state index is 13.8. The highest BCUT2D eigenvalue weighted by molar-refractivity contribution is 5.55. The first-order valence-corrected chi connectivity index (χ1v) is 5.88. The van der Waals surface area contributed by atoms with E-state index in [4.69, 9.17) is 5.73 Å². The van der Waals surface area contributed by atoms with Gasteiger partial charge in [-0.05, 0) is 38.8 Å². The van der Waals surface area contributed by atoms with Crippen LogP contribution in [-0.4, -0.2) is 19.1 Å². The third kappa shape index (κ3) is 2.95. The molecule has 0 aliphatic carbocycles. The number of nitrogens with two attached hydrogens (primary N) is 1. The summed E-state index contributed by atoms with van der Waals surface area (Å²) in [6.07, 6.45) is 0.712. The van der Waals surface area contributed by atoms with Gasteiger partial charge in [0, 0.05) is 19.1 Å². The van der Waals surface area contributed by atoms with Crippen molar-refractivity contribution in [3.8, 4) is 0 Å². The van der Waals surface area contributed by atoms with Crippen molar-refractivity contribution in [2.45, 2.75) is 33.2 Å². The van der Waals surface area contributed by atoms with Crippen LogP contribution in [0.1, 0.15) is 26.3 Å². The lowest BCUT2D eigenvalue weighted by Gasteiger charge is -2.25. The van der Waals surface area contributed by atoms with E-state index in [0.717, 1.165) is 18.7 Å². The molecular weight excluding hydrogens is 203 g/mol. The molecule has 0 spiro atoms. The van der Waals surface area contributed by atoms with Crippen LogP contribution in [0.4, 0.5) is 10.1 Å². The van der Waals surface area contributed by atoms with Crippen molar-refractivity contribution in [1.29, 1.82) is 0 Å². The highest BCUT2D eigenvalue weighted by Crippen LogP contribution is 2.25. The van der Waals surface area contributed by atoms with Crippen LogP contribution in [0, 0.1) is 5.82 Å². The van der Waals surface area contributed by atoms with Crippen molar-refractivity contribution in [1.82, 2.24) is 0 Å². The molecule has 0 aromatic heterocycles. The monoisotopic (exact) mass is 224 g/mol. The molecule has 3 heteroatoms. The third-order valence-electron chi connectivity index (χ3n) is 2.69. The van der Waals surface area contributed by atoms with Crippen molar-refractivity contribution in [2.75, 3.05) is 18.0 Å². The van der Waals surface area contributed by atoms with Crippen LogP contribution in [0.15, 0.2) is 18.2 Å². The Morgan fingerprint density at radius 2 is 1.94 bits per heavy atom. The summed E-state index contributed by atoms with van der Waals surface area (Å²) >= 11 is 0. The second-order valence-electron chi connectivity index (χ2n) is 4.10. The fourth-order valence-electron chi connectivity index (χ4n) is 1.97. The molecule has 16 heavy (non-hydrogen) atoms. The molecule has 0 heterocycles. The van der Waals surface area contributed by atoms with Crippen LogP contribution in [0.25, 0.3) is 0 Å². The van der Waals surface area contributed by atoms with Gasteiger partial charge in [-0.2, -0.15) is 0 Å². The standard InChI is InChI=1S/C13H21FN2/c1-4-16(5-2)13-11(9-10(3)15)7-6-8-12(13)14/h6-8,10H,4-5,9,15H2,1-3H3. The number of para-hydroxylation sites is 1. The van der Waals surface area contributed by atoms with Crippen LogP contribution in [0.2, 0.25) is 0 Å². The van der Waals surface area contributed by atoms with E-state index < -0.39 is 0 Å². The normalized spacial score (nSPS) is 12.6. The van der Waals surface area contributed by atoms with Crippen molar-refractivity contribution >= 4 is 5.69 Å². The number of hydrogen-bond acceptors (Lipinski definition) is 2. The molecule has 1 aromatic rings. The maximum atomic E-state index is 13.8. The van der Waals surface area contributed by atoms with E-state index in [1.165, 1.54) is 6.07 Å². The highest BCUT2D eigenvalue weighted by Gasteiger charge is 2.14. The third-order valence-corrected chi connectivity index (χ3v) is 2.69. The molecule has 0 amide bonds. The molecule has 0 bridgehead atoms. The summed E-state index contributed by atoms with van der Waals surface area (Å²) in [5.41, 5.74) is 7.50. The molecule has 0 saturated carbocycles. The second-order valence-corrected chi connectivity index (χ2v) is 4.10. The average Bonchev–Trinajstić information content (AvgIpc) is 2.22.